The molecule has 17 heteroatoms. The molecule has 2 aliphatic heterocycles. The van der Waals surface area contributed by atoms with Crippen LogP contribution >= 0.6 is 19.2 Å². The van der Waals surface area contributed by atoms with Crippen LogP contribution in [0.2, 0.25) is 5.28 Å². The van der Waals surface area contributed by atoms with Gasteiger partial charge in [0, 0.05) is 0 Å². The van der Waals surface area contributed by atoms with Gasteiger partial charge >= 0.3 is 19.8 Å². The smallest absolute Gasteiger partial charge is 0.425 e. The van der Waals surface area contributed by atoms with E-state index >= 15 is 0 Å². The Balaban J connectivity index is 1.65. The van der Waals surface area contributed by atoms with Crippen LogP contribution in [-0.4, -0.2) is 86.4 Å². The highest BCUT2D eigenvalue weighted by Gasteiger charge is 2.56. The summed E-state index contributed by atoms with van der Waals surface area (Å²) in [5.74, 6) is -1.11. The zero-order valence-corrected chi connectivity index (χ0v) is 30.4. The second-order valence-corrected chi connectivity index (χ2v) is 16.3. The van der Waals surface area contributed by atoms with Crippen molar-refractivity contribution in [2.24, 2.45) is 0 Å². The molecule has 0 aliphatic carbocycles. The monoisotopic (exact) mass is 703 g/mol. The van der Waals surface area contributed by atoms with Crippen molar-refractivity contribution in [3.8, 4) is 0 Å². The quantitative estimate of drug-likeness (QED) is 0.134. The number of imidazole rings is 1. The summed E-state index contributed by atoms with van der Waals surface area (Å²) >= 11 is 6.40. The Labute approximate surface area is 280 Å². The number of nitrogens with zero attached hydrogens (tertiary/aromatic N) is 5. The van der Waals surface area contributed by atoms with E-state index in [1.165, 1.54) is 6.33 Å². The van der Waals surface area contributed by atoms with Crippen molar-refractivity contribution in [3.63, 3.8) is 0 Å². The maximum atomic E-state index is 13.4. The number of imide groups is 1. The minimum Gasteiger partial charge on any atom is -0.443 e. The summed E-state index contributed by atoms with van der Waals surface area (Å²) in [7, 11) is -3.16. The van der Waals surface area contributed by atoms with E-state index in [4.69, 9.17) is 44.3 Å². The molecule has 0 N–H and O–H groups in total. The number of halogens is 1. The van der Waals surface area contributed by atoms with Crippen molar-refractivity contribution in [1.82, 2.24) is 19.5 Å². The minimum absolute atomic E-state index is 0.0792. The van der Waals surface area contributed by atoms with Gasteiger partial charge in [0.05, 0.1) is 31.8 Å². The number of carbonyl (C=O) groups excluding carboxylic acids is 2. The highest BCUT2D eigenvalue weighted by molar-refractivity contribution is 7.53. The highest BCUT2D eigenvalue weighted by Crippen LogP contribution is 2.49. The third kappa shape index (κ3) is 9.20. The van der Waals surface area contributed by atoms with Crippen molar-refractivity contribution in [3.05, 3.63) is 11.6 Å². The normalized spacial score (nSPS) is 22.8. The Morgan fingerprint density at radius 1 is 0.979 bits per heavy atom. The number of fused-ring (bicyclic) bond motifs is 2. The van der Waals surface area contributed by atoms with Crippen LogP contribution in [0.3, 0.4) is 0 Å². The molecule has 2 saturated heterocycles. The van der Waals surface area contributed by atoms with E-state index in [0.29, 0.717) is 37.4 Å². The van der Waals surface area contributed by atoms with E-state index in [0.717, 1.165) is 0 Å². The van der Waals surface area contributed by atoms with Crippen molar-refractivity contribution in [2.45, 2.75) is 130 Å². The van der Waals surface area contributed by atoms with Crippen LogP contribution in [0.1, 0.15) is 94.7 Å². The molecule has 0 aromatic carbocycles. The summed E-state index contributed by atoms with van der Waals surface area (Å²) < 4.78 is 55.5. The zero-order chi connectivity index (χ0) is 34.9. The molecule has 2 fully saturated rings. The molecule has 15 nitrogen and oxygen atoms in total. The molecule has 0 bridgehead atoms. The molecule has 2 amide bonds. The average Bonchev–Trinajstić information content (AvgIpc) is 3.55. The fourth-order valence-electron chi connectivity index (χ4n) is 5.41. The first-order valence-electron chi connectivity index (χ1n) is 15.8. The van der Waals surface area contributed by atoms with Gasteiger partial charge in [0.25, 0.3) is 0 Å². The number of hydrogen-bond donors (Lipinski definition) is 0. The molecule has 264 valence electrons. The largest absolute Gasteiger partial charge is 0.443 e. The number of anilines is 1. The fourth-order valence-corrected chi connectivity index (χ4v) is 7.30. The molecule has 0 spiro atoms. The molecule has 2 aromatic heterocycles. The Morgan fingerprint density at radius 2 is 1.55 bits per heavy atom. The number of ether oxygens (including phenoxy) is 5. The van der Waals surface area contributed by atoms with Gasteiger partial charge < -0.3 is 32.7 Å². The maximum Gasteiger partial charge on any atom is 0.425 e. The maximum absolute atomic E-state index is 13.4. The van der Waals surface area contributed by atoms with Gasteiger partial charge in [-0.2, -0.15) is 14.9 Å². The summed E-state index contributed by atoms with van der Waals surface area (Å²) in [4.78, 5) is 40.5. The van der Waals surface area contributed by atoms with Crippen LogP contribution in [0.5, 0.6) is 0 Å². The molecule has 4 atom stereocenters. The Morgan fingerprint density at radius 3 is 2.11 bits per heavy atom. The van der Waals surface area contributed by atoms with Crippen LogP contribution in [0.4, 0.5) is 15.4 Å². The SMILES string of the molecule is CCOP(=O)(CCCC[C@H]1O[C@@H](n2cnc3c(N(C(=O)OC(C)(C)C)C(=O)OC(C)(C)C)nc(Cl)nc32)C2OC(C)(C)OC21)OCC. The molecule has 2 unspecified atom stereocenters. The molecule has 47 heavy (non-hydrogen) atoms. The number of rotatable bonds is 11. The van der Waals surface area contributed by atoms with Gasteiger partial charge in [-0.05, 0) is 93.7 Å². The lowest BCUT2D eigenvalue weighted by atomic mass is 10.1. The molecular formula is C30H47ClN5O10P. The van der Waals surface area contributed by atoms with Gasteiger partial charge in [-0.3, -0.25) is 9.13 Å². The van der Waals surface area contributed by atoms with E-state index < -0.39 is 55.2 Å². The molecule has 4 rings (SSSR count). The first-order valence-corrected chi connectivity index (χ1v) is 17.9. The van der Waals surface area contributed by atoms with Crippen LogP contribution in [0.15, 0.2) is 6.33 Å². The predicted octanol–water partition coefficient (Wildman–Crippen LogP) is 7.01. The van der Waals surface area contributed by atoms with Gasteiger partial charge in [-0.25, -0.2) is 14.6 Å². The topological polar surface area (TPSA) is 163 Å². The minimum atomic E-state index is -3.16. The molecule has 0 radical (unpaired) electrons. The standard InChI is InChI=1S/C30H47ClN5O10P/c1-11-40-47(39,41-12-2)16-14-13-15-18-20-21(44-30(9,10)43-20)24(42-18)35-17-32-19-22(35)33-25(31)34-23(19)36(26(37)45-28(3,4)5)27(38)46-29(6,7)8/h17-18,20-21,24H,11-16H2,1-10H3/t18-,20?,21?,24-/m1/s1. The molecule has 2 aliphatic rings. The van der Waals surface area contributed by atoms with E-state index in [-0.39, 0.29) is 34.5 Å². The lowest BCUT2D eigenvalue weighted by molar-refractivity contribution is -0.197. The average molecular weight is 704 g/mol. The summed E-state index contributed by atoms with van der Waals surface area (Å²) in [5.41, 5.74) is -1.62. The summed E-state index contributed by atoms with van der Waals surface area (Å²) in [6.07, 6.45) is -0.612. The lowest BCUT2D eigenvalue weighted by Crippen LogP contribution is -2.44. The third-order valence-electron chi connectivity index (χ3n) is 6.96. The highest BCUT2D eigenvalue weighted by atomic mass is 35.5. The van der Waals surface area contributed by atoms with Crippen LogP contribution < -0.4 is 4.90 Å². The van der Waals surface area contributed by atoms with Crippen LogP contribution in [0.25, 0.3) is 11.2 Å². The Hall–Kier alpha value is -2.39. The van der Waals surface area contributed by atoms with E-state index in [1.807, 2.05) is 13.8 Å². The van der Waals surface area contributed by atoms with Crippen molar-refractivity contribution < 1.29 is 46.9 Å². The zero-order valence-electron chi connectivity index (χ0n) is 28.8. The molecule has 4 heterocycles. The summed E-state index contributed by atoms with van der Waals surface area (Å²) in [6.45, 7) is 17.8. The lowest BCUT2D eigenvalue weighted by Gasteiger charge is -2.28. The van der Waals surface area contributed by atoms with Gasteiger partial charge in [0.15, 0.2) is 29.0 Å². The fraction of sp³-hybridized carbons (Fsp3) is 0.767. The van der Waals surface area contributed by atoms with Gasteiger partial charge in [-0.15, -0.1) is 0 Å². The van der Waals surface area contributed by atoms with Crippen molar-refractivity contribution in [2.75, 3.05) is 24.3 Å². The van der Waals surface area contributed by atoms with Gasteiger partial charge in [-0.1, -0.05) is 6.42 Å². The number of amides is 2. The second-order valence-electron chi connectivity index (χ2n) is 13.7. The van der Waals surface area contributed by atoms with E-state index in [1.54, 1.807) is 60.0 Å². The predicted molar refractivity (Wildman–Crippen MR) is 173 cm³/mol. The second kappa shape index (κ2) is 14.2. The summed E-state index contributed by atoms with van der Waals surface area (Å²) in [5, 5.41) is -0.255. The first kappa shape index (κ1) is 37.4. The number of unbranched alkanes of at least 4 members (excludes halogenated alkanes) is 1. The van der Waals surface area contributed by atoms with Crippen molar-refractivity contribution in [1.29, 1.82) is 0 Å². The van der Waals surface area contributed by atoms with Crippen LogP contribution in [0, 0.1) is 0 Å². The van der Waals surface area contributed by atoms with Crippen molar-refractivity contribution >= 4 is 48.4 Å². The van der Waals surface area contributed by atoms with Gasteiger partial charge in [0.2, 0.25) is 5.28 Å². The van der Waals surface area contributed by atoms with E-state index in [2.05, 4.69) is 15.0 Å². The first-order chi connectivity index (χ1) is 21.8. The van der Waals surface area contributed by atoms with Gasteiger partial charge in [0.1, 0.15) is 23.4 Å². The Bertz CT molecular complexity index is 1450. The third-order valence-corrected chi connectivity index (χ3v) is 9.30. The number of carbonyl (C=O) groups is 2. The molecule has 0 saturated carbocycles. The Kier molecular flexibility index (Phi) is 11.3. The van der Waals surface area contributed by atoms with E-state index in [9.17, 15) is 14.2 Å². The number of aromatic nitrogens is 4. The number of hydrogen-bond acceptors (Lipinski definition) is 13. The molecule has 2 aromatic rings. The molecular weight excluding hydrogens is 657 g/mol. The van der Waals surface area contributed by atoms with Crippen LogP contribution in [-0.2, 0) is 37.3 Å². The summed E-state index contributed by atoms with van der Waals surface area (Å²) in [6, 6.07) is 0.